The molecule has 0 aliphatic rings. The van der Waals surface area contributed by atoms with Crippen molar-refractivity contribution in [2.24, 2.45) is 0 Å². The van der Waals surface area contributed by atoms with E-state index in [1.54, 1.807) is 0 Å². The molecule has 1 amide bonds. The maximum atomic E-state index is 13.8. The van der Waals surface area contributed by atoms with E-state index in [1.165, 1.54) is 56.7 Å². The smallest absolute Gasteiger partial charge is 0.417 e. The van der Waals surface area contributed by atoms with Crippen LogP contribution in [0.25, 0.3) is 11.3 Å². The molecule has 0 aliphatic carbocycles. The first kappa shape index (κ1) is 24.9. The van der Waals surface area contributed by atoms with Crippen molar-refractivity contribution < 1.29 is 31.8 Å². The molecule has 6 nitrogen and oxygen atoms in total. The minimum absolute atomic E-state index is 0.0726. The van der Waals surface area contributed by atoms with Crippen molar-refractivity contribution in [1.29, 1.82) is 5.26 Å². The Morgan fingerprint density at radius 3 is 2.44 bits per heavy atom. The summed E-state index contributed by atoms with van der Waals surface area (Å²) >= 11 is 0.638. The van der Waals surface area contributed by atoms with Gasteiger partial charge in [-0.25, -0.2) is 9.37 Å². The molecule has 0 unspecified atom stereocenters. The van der Waals surface area contributed by atoms with E-state index in [4.69, 9.17) is 9.47 Å². The quantitative estimate of drug-likeness (QED) is 0.346. The van der Waals surface area contributed by atoms with Gasteiger partial charge in [-0.2, -0.15) is 18.4 Å². The number of carbonyl (C=O) groups is 1. The lowest BCUT2D eigenvalue weighted by Crippen LogP contribution is -2.16. The molecule has 0 bridgehead atoms. The molecule has 11 heteroatoms. The van der Waals surface area contributed by atoms with E-state index in [0.717, 1.165) is 12.1 Å². The number of aromatic nitrogens is 1. The molecule has 3 aromatic rings. The number of rotatable bonds is 7. The molecule has 1 heterocycles. The van der Waals surface area contributed by atoms with Gasteiger partial charge in [0.25, 0.3) is 0 Å². The molecule has 0 radical (unpaired) electrons. The van der Waals surface area contributed by atoms with Crippen molar-refractivity contribution >= 4 is 23.4 Å². The highest BCUT2D eigenvalue weighted by Crippen LogP contribution is 2.39. The maximum Gasteiger partial charge on any atom is 0.417 e. The number of carbonyl (C=O) groups excluding carboxylic acids is 1. The standard InChI is InChI=1S/C23H17F4N3O3S/c1-32-19-8-7-13(9-20(19)33-2)18-10-15(23(25,26)27)14(11-28)22(30-18)34-12-21(31)29-17-6-4-3-5-16(17)24/h3-10H,12H2,1-2H3,(H,29,31). The highest BCUT2D eigenvalue weighted by atomic mass is 32.2. The molecule has 0 spiro atoms. The Hall–Kier alpha value is -3.78. The summed E-state index contributed by atoms with van der Waals surface area (Å²) in [7, 11) is 2.80. The molecule has 1 aromatic heterocycles. The molecule has 176 valence electrons. The zero-order valence-electron chi connectivity index (χ0n) is 17.9. The number of anilines is 1. The summed E-state index contributed by atoms with van der Waals surface area (Å²) < 4.78 is 65.4. The van der Waals surface area contributed by atoms with Crippen molar-refractivity contribution in [3.8, 4) is 28.8 Å². The fourth-order valence-corrected chi connectivity index (χ4v) is 3.79. The lowest BCUT2D eigenvalue weighted by Gasteiger charge is -2.15. The molecule has 0 saturated heterocycles. The van der Waals surface area contributed by atoms with Crippen LogP contribution in [0.2, 0.25) is 0 Å². The van der Waals surface area contributed by atoms with Crippen LogP contribution in [0.15, 0.2) is 53.6 Å². The van der Waals surface area contributed by atoms with Gasteiger partial charge in [-0.1, -0.05) is 23.9 Å². The fraction of sp³-hybridized carbons (Fsp3) is 0.174. The molecule has 0 saturated carbocycles. The highest BCUT2D eigenvalue weighted by Gasteiger charge is 2.36. The van der Waals surface area contributed by atoms with E-state index in [-0.39, 0.29) is 27.7 Å². The minimum atomic E-state index is -4.84. The van der Waals surface area contributed by atoms with Crippen molar-refractivity contribution in [3.05, 3.63) is 65.5 Å². The first-order valence-electron chi connectivity index (χ1n) is 9.59. The molecular weight excluding hydrogens is 474 g/mol. The number of nitriles is 1. The number of nitrogens with one attached hydrogen (secondary N) is 1. The molecule has 0 fully saturated rings. The SMILES string of the molecule is COc1ccc(-c2cc(C(F)(F)F)c(C#N)c(SCC(=O)Nc3ccccc3F)n2)cc1OC. The summed E-state index contributed by atoms with van der Waals surface area (Å²) in [6.45, 7) is 0. The van der Waals surface area contributed by atoms with E-state index < -0.39 is 34.8 Å². The number of ether oxygens (including phenoxy) is 2. The van der Waals surface area contributed by atoms with Crippen LogP contribution in [0.4, 0.5) is 23.2 Å². The molecule has 3 rings (SSSR count). The molecule has 34 heavy (non-hydrogen) atoms. The van der Waals surface area contributed by atoms with Gasteiger partial charge >= 0.3 is 6.18 Å². The number of alkyl halides is 3. The zero-order chi connectivity index (χ0) is 24.9. The monoisotopic (exact) mass is 491 g/mol. The number of methoxy groups -OCH3 is 2. The average Bonchev–Trinajstić information content (AvgIpc) is 2.82. The van der Waals surface area contributed by atoms with Crippen LogP contribution in [-0.2, 0) is 11.0 Å². The van der Waals surface area contributed by atoms with Gasteiger partial charge in [0.05, 0.1) is 42.5 Å². The summed E-state index contributed by atoms with van der Waals surface area (Å²) in [4.78, 5) is 16.5. The van der Waals surface area contributed by atoms with Crippen LogP contribution in [0.3, 0.4) is 0 Å². The number of amides is 1. The Balaban J connectivity index is 1.98. The summed E-state index contributed by atoms with van der Waals surface area (Å²) in [5.41, 5.74) is -1.77. The number of pyridine rings is 1. The largest absolute Gasteiger partial charge is 0.493 e. The van der Waals surface area contributed by atoms with Gasteiger partial charge < -0.3 is 14.8 Å². The second-order valence-corrected chi connectivity index (χ2v) is 7.70. The Morgan fingerprint density at radius 2 is 1.82 bits per heavy atom. The maximum absolute atomic E-state index is 13.8. The number of thioether (sulfide) groups is 1. The predicted octanol–water partition coefficient (Wildman–Crippen LogP) is 5.53. The van der Waals surface area contributed by atoms with Crippen LogP contribution in [0.5, 0.6) is 11.5 Å². The second kappa shape index (κ2) is 10.4. The molecule has 1 N–H and O–H groups in total. The number of hydrogen-bond donors (Lipinski definition) is 1. The number of halogens is 4. The molecule has 0 aliphatic heterocycles. The first-order chi connectivity index (χ1) is 16.2. The van der Waals surface area contributed by atoms with E-state index in [2.05, 4.69) is 10.3 Å². The Bertz CT molecular complexity index is 1260. The van der Waals surface area contributed by atoms with Crippen molar-refractivity contribution in [2.75, 3.05) is 25.3 Å². The van der Waals surface area contributed by atoms with Crippen LogP contribution in [0.1, 0.15) is 11.1 Å². The van der Waals surface area contributed by atoms with E-state index in [0.29, 0.717) is 17.5 Å². The summed E-state index contributed by atoms with van der Waals surface area (Å²) in [6.07, 6.45) is -4.84. The van der Waals surface area contributed by atoms with E-state index in [9.17, 15) is 27.6 Å². The van der Waals surface area contributed by atoms with Gasteiger partial charge in [0.15, 0.2) is 11.5 Å². The highest BCUT2D eigenvalue weighted by molar-refractivity contribution is 8.00. The third-order valence-corrected chi connectivity index (χ3v) is 5.55. The number of para-hydroxylation sites is 1. The lowest BCUT2D eigenvalue weighted by molar-refractivity contribution is -0.138. The van der Waals surface area contributed by atoms with Gasteiger partial charge in [0, 0.05) is 5.56 Å². The second-order valence-electron chi connectivity index (χ2n) is 6.73. The number of nitrogens with zero attached hydrogens (tertiary/aromatic N) is 2. The fourth-order valence-electron chi connectivity index (χ4n) is 2.98. The van der Waals surface area contributed by atoms with Crippen molar-refractivity contribution in [1.82, 2.24) is 4.98 Å². The van der Waals surface area contributed by atoms with Crippen LogP contribution in [0, 0.1) is 17.1 Å². The Labute approximate surface area is 196 Å². The van der Waals surface area contributed by atoms with Crippen molar-refractivity contribution in [3.63, 3.8) is 0 Å². The number of hydrogen-bond acceptors (Lipinski definition) is 6. The minimum Gasteiger partial charge on any atom is -0.493 e. The topological polar surface area (TPSA) is 84.2 Å². The van der Waals surface area contributed by atoms with Crippen LogP contribution in [-0.4, -0.2) is 30.9 Å². The molecule has 0 atom stereocenters. The zero-order valence-corrected chi connectivity index (χ0v) is 18.7. The normalized spacial score (nSPS) is 11.0. The van der Waals surface area contributed by atoms with E-state index in [1.807, 2.05) is 0 Å². The summed E-state index contributed by atoms with van der Waals surface area (Å²) in [6, 6.07) is 12.2. The third-order valence-electron chi connectivity index (χ3n) is 4.57. The molecular formula is C23H17F4N3O3S. The molecule has 2 aromatic carbocycles. The van der Waals surface area contributed by atoms with Gasteiger partial charge in [-0.15, -0.1) is 0 Å². The Morgan fingerprint density at radius 1 is 1.12 bits per heavy atom. The third kappa shape index (κ3) is 5.58. The number of benzene rings is 2. The van der Waals surface area contributed by atoms with Gasteiger partial charge in [0.1, 0.15) is 16.9 Å². The summed E-state index contributed by atoms with van der Waals surface area (Å²) in [5.74, 6) is -1.09. The lowest BCUT2D eigenvalue weighted by atomic mass is 10.0. The predicted molar refractivity (Wildman–Crippen MR) is 118 cm³/mol. The van der Waals surface area contributed by atoms with Crippen LogP contribution < -0.4 is 14.8 Å². The Kier molecular flexibility index (Phi) is 7.63. The summed E-state index contributed by atoms with van der Waals surface area (Å²) in [5, 5.41) is 11.5. The first-order valence-corrected chi connectivity index (χ1v) is 10.6. The van der Waals surface area contributed by atoms with Crippen molar-refractivity contribution in [2.45, 2.75) is 11.2 Å². The van der Waals surface area contributed by atoms with E-state index >= 15 is 0 Å². The van der Waals surface area contributed by atoms with Gasteiger partial charge in [0.2, 0.25) is 5.91 Å². The van der Waals surface area contributed by atoms with Gasteiger partial charge in [-0.3, -0.25) is 4.79 Å². The average molecular weight is 491 g/mol. The van der Waals surface area contributed by atoms with Gasteiger partial charge in [-0.05, 0) is 36.4 Å². The van der Waals surface area contributed by atoms with Crippen LogP contribution >= 0.6 is 11.8 Å².